The summed E-state index contributed by atoms with van der Waals surface area (Å²) in [4.78, 5) is 12.2. The smallest absolute Gasteiger partial charge is 0.320 e. The summed E-state index contributed by atoms with van der Waals surface area (Å²) in [6.45, 7) is 2.69. The number of carbonyl (C=O) groups excluding carboxylic acids is 1. The normalized spacial score (nSPS) is 10.8. The van der Waals surface area contributed by atoms with Gasteiger partial charge in [-0.3, -0.25) is 10.4 Å². The molecule has 0 saturated heterocycles. The number of aromatic amines is 1. The molecule has 1 heterocycles. The van der Waals surface area contributed by atoms with Crippen LogP contribution in [0.3, 0.4) is 0 Å². The Labute approximate surface area is 170 Å². The minimum atomic E-state index is -0.242. The zero-order valence-electron chi connectivity index (χ0n) is 16.4. The third kappa shape index (κ3) is 4.63. The molecule has 2 amide bonds. The highest BCUT2D eigenvalue weighted by molar-refractivity contribution is 6.00. The van der Waals surface area contributed by atoms with Gasteiger partial charge in [0.15, 0.2) is 5.82 Å². The summed E-state index contributed by atoms with van der Waals surface area (Å²) in [6.07, 6.45) is 1.83. The fourth-order valence-electron chi connectivity index (χ4n) is 3.33. The Morgan fingerprint density at radius 3 is 2.52 bits per heavy atom. The molecule has 0 radical (unpaired) electrons. The van der Waals surface area contributed by atoms with Gasteiger partial charge in [-0.15, -0.1) is 0 Å². The SMILES string of the molecule is Cc1ccc(-c2ccc3c(NC(=O)NCCCc4ccccc4)n[nH]c3c2)cc1. The molecule has 1 aromatic heterocycles. The second kappa shape index (κ2) is 8.61. The molecule has 0 spiro atoms. The molecule has 3 N–H and O–H groups in total. The van der Waals surface area contributed by atoms with Crippen molar-refractivity contribution < 1.29 is 4.79 Å². The van der Waals surface area contributed by atoms with Crippen molar-refractivity contribution >= 4 is 22.8 Å². The first kappa shape index (κ1) is 18.7. The summed E-state index contributed by atoms with van der Waals surface area (Å²) in [7, 11) is 0. The van der Waals surface area contributed by atoms with Crippen molar-refractivity contribution in [2.75, 3.05) is 11.9 Å². The van der Waals surface area contributed by atoms with Crippen LogP contribution >= 0.6 is 0 Å². The van der Waals surface area contributed by atoms with E-state index in [1.807, 2.05) is 30.3 Å². The van der Waals surface area contributed by atoms with E-state index >= 15 is 0 Å². The van der Waals surface area contributed by atoms with Crippen LogP contribution in [0, 0.1) is 6.92 Å². The van der Waals surface area contributed by atoms with E-state index in [1.165, 1.54) is 11.1 Å². The number of H-pyrrole nitrogens is 1. The first-order valence-electron chi connectivity index (χ1n) is 9.83. The zero-order valence-corrected chi connectivity index (χ0v) is 16.4. The summed E-state index contributed by atoms with van der Waals surface area (Å²) >= 11 is 0. The molecule has 4 rings (SSSR count). The number of nitrogens with zero attached hydrogens (tertiary/aromatic N) is 1. The molecule has 5 nitrogen and oxygen atoms in total. The minimum Gasteiger partial charge on any atom is -0.338 e. The van der Waals surface area contributed by atoms with Gasteiger partial charge in [0.2, 0.25) is 0 Å². The van der Waals surface area contributed by atoms with E-state index < -0.39 is 0 Å². The molecule has 0 fully saturated rings. The van der Waals surface area contributed by atoms with Gasteiger partial charge >= 0.3 is 6.03 Å². The monoisotopic (exact) mass is 384 g/mol. The third-order valence-electron chi connectivity index (χ3n) is 4.95. The van der Waals surface area contributed by atoms with Crippen LogP contribution in [0.25, 0.3) is 22.0 Å². The molecule has 0 unspecified atom stereocenters. The molecule has 0 aliphatic carbocycles. The van der Waals surface area contributed by atoms with Crippen molar-refractivity contribution in [1.29, 1.82) is 0 Å². The van der Waals surface area contributed by atoms with E-state index in [0.717, 1.165) is 34.9 Å². The summed E-state index contributed by atoms with van der Waals surface area (Å²) in [6, 6.07) is 24.5. The van der Waals surface area contributed by atoms with Crippen molar-refractivity contribution in [1.82, 2.24) is 15.5 Å². The fraction of sp³-hybridized carbons (Fsp3) is 0.167. The number of urea groups is 1. The number of nitrogens with one attached hydrogen (secondary N) is 3. The van der Waals surface area contributed by atoms with Crippen molar-refractivity contribution in [3.63, 3.8) is 0 Å². The van der Waals surface area contributed by atoms with E-state index in [-0.39, 0.29) is 6.03 Å². The molecular formula is C24H24N4O. The first-order chi connectivity index (χ1) is 14.2. The molecule has 5 heteroatoms. The maximum absolute atomic E-state index is 12.2. The van der Waals surface area contributed by atoms with Crippen molar-refractivity contribution in [2.24, 2.45) is 0 Å². The van der Waals surface area contributed by atoms with Crippen LogP contribution in [-0.4, -0.2) is 22.8 Å². The number of hydrogen-bond donors (Lipinski definition) is 3. The molecule has 0 aliphatic heterocycles. The first-order valence-corrected chi connectivity index (χ1v) is 9.83. The number of carbonyl (C=O) groups is 1. The van der Waals surface area contributed by atoms with Gasteiger partial charge in [-0.05, 0) is 48.6 Å². The Balaban J connectivity index is 1.35. The Morgan fingerprint density at radius 2 is 1.72 bits per heavy atom. The number of amides is 2. The van der Waals surface area contributed by atoms with Gasteiger partial charge in [-0.1, -0.05) is 66.2 Å². The number of aromatic nitrogens is 2. The predicted octanol–water partition coefficient (Wildman–Crippen LogP) is 5.29. The zero-order chi connectivity index (χ0) is 20.1. The van der Waals surface area contributed by atoms with Gasteiger partial charge in [-0.2, -0.15) is 5.10 Å². The number of aryl methyl sites for hydroxylation is 2. The van der Waals surface area contributed by atoms with E-state index in [2.05, 4.69) is 70.2 Å². The van der Waals surface area contributed by atoms with E-state index in [0.29, 0.717) is 12.4 Å². The molecule has 3 aromatic carbocycles. The maximum Gasteiger partial charge on any atom is 0.320 e. The standard InChI is InChI=1S/C24H24N4O/c1-17-9-11-19(12-10-17)20-13-14-21-22(16-20)27-28-23(21)26-24(29)25-15-5-8-18-6-3-2-4-7-18/h2-4,6-7,9-14,16H,5,8,15H2,1H3,(H3,25,26,27,28,29). The van der Waals surface area contributed by atoms with Crippen LogP contribution < -0.4 is 10.6 Å². The molecule has 0 atom stereocenters. The Bertz CT molecular complexity index is 1100. The number of hydrogen-bond acceptors (Lipinski definition) is 2. The largest absolute Gasteiger partial charge is 0.338 e. The summed E-state index contributed by atoms with van der Waals surface area (Å²) in [5.41, 5.74) is 5.66. The minimum absolute atomic E-state index is 0.242. The lowest BCUT2D eigenvalue weighted by atomic mass is 10.0. The van der Waals surface area contributed by atoms with Crippen LogP contribution in [0.2, 0.25) is 0 Å². The Kier molecular flexibility index (Phi) is 5.56. The average molecular weight is 384 g/mol. The second-order valence-electron chi connectivity index (χ2n) is 7.17. The molecular weight excluding hydrogens is 360 g/mol. The molecule has 146 valence electrons. The highest BCUT2D eigenvalue weighted by atomic mass is 16.2. The van der Waals surface area contributed by atoms with Gasteiger partial charge in [-0.25, -0.2) is 4.79 Å². The number of rotatable bonds is 6. The highest BCUT2D eigenvalue weighted by Crippen LogP contribution is 2.27. The molecule has 4 aromatic rings. The van der Waals surface area contributed by atoms with Crippen LogP contribution in [0.4, 0.5) is 10.6 Å². The fourth-order valence-corrected chi connectivity index (χ4v) is 3.33. The van der Waals surface area contributed by atoms with Crippen LogP contribution in [0.15, 0.2) is 72.8 Å². The topological polar surface area (TPSA) is 69.8 Å². The Morgan fingerprint density at radius 1 is 0.966 bits per heavy atom. The van der Waals surface area contributed by atoms with Crippen molar-refractivity contribution in [2.45, 2.75) is 19.8 Å². The number of fused-ring (bicyclic) bond motifs is 1. The van der Waals surface area contributed by atoms with E-state index in [1.54, 1.807) is 0 Å². The molecule has 0 aliphatic rings. The van der Waals surface area contributed by atoms with Crippen molar-refractivity contribution in [3.05, 3.63) is 83.9 Å². The lowest BCUT2D eigenvalue weighted by molar-refractivity contribution is 0.252. The predicted molar refractivity (Wildman–Crippen MR) is 118 cm³/mol. The van der Waals surface area contributed by atoms with Crippen LogP contribution in [0.5, 0.6) is 0 Å². The molecule has 29 heavy (non-hydrogen) atoms. The van der Waals surface area contributed by atoms with Gasteiger partial charge in [0, 0.05) is 11.9 Å². The van der Waals surface area contributed by atoms with Crippen LogP contribution in [-0.2, 0) is 6.42 Å². The molecule has 0 saturated carbocycles. The average Bonchev–Trinajstić information content (AvgIpc) is 3.14. The summed E-state index contributed by atoms with van der Waals surface area (Å²) < 4.78 is 0. The van der Waals surface area contributed by atoms with Gasteiger partial charge in [0.1, 0.15) is 0 Å². The lowest BCUT2D eigenvalue weighted by Crippen LogP contribution is -2.29. The van der Waals surface area contributed by atoms with Crippen molar-refractivity contribution in [3.8, 4) is 11.1 Å². The third-order valence-corrected chi connectivity index (χ3v) is 4.95. The van der Waals surface area contributed by atoms with Crippen LogP contribution in [0.1, 0.15) is 17.5 Å². The van der Waals surface area contributed by atoms with E-state index in [4.69, 9.17) is 0 Å². The lowest BCUT2D eigenvalue weighted by Gasteiger charge is -2.06. The summed E-state index contributed by atoms with van der Waals surface area (Å²) in [5.74, 6) is 0.538. The Hall–Kier alpha value is -3.60. The summed E-state index contributed by atoms with van der Waals surface area (Å²) in [5, 5.41) is 13.9. The van der Waals surface area contributed by atoms with Gasteiger partial charge < -0.3 is 5.32 Å². The highest BCUT2D eigenvalue weighted by Gasteiger charge is 2.10. The number of anilines is 1. The maximum atomic E-state index is 12.2. The van der Waals surface area contributed by atoms with Gasteiger partial charge in [0.05, 0.1) is 5.52 Å². The van der Waals surface area contributed by atoms with Gasteiger partial charge in [0.25, 0.3) is 0 Å². The van der Waals surface area contributed by atoms with E-state index in [9.17, 15) is 4.79 Å². The number of benzene rings is 3. The molecule has 0 bridgehead atoms. The quantitative estimate of drug-likeness (QED) is 0.395. The second-order valence-corrected chi connectivity index (χ2v) is 7.17.